The van der Waals surface area contributed by atoms with Gasteiger partial charge in [-0.2, -0.15) is 0 Å². The molecule has 1 N–H and O–H groups in total. The molecule has 0 saturated carbocycles. The van der Waals surface area contributed by atoms with Crippen LogP contribution in [0, 0.1) is 0 Å². The van der Waals surface area contributed by atoms with E-state index < -0.39 is 5.97 Å². The Labute approximate surface area is 146 Å². The van der Waals surface area contributed by atoms with E-state index in [4.69, 9.17) is 5.11 Å². The van der Waals surface area contributed by atoms with Gasteiger partial charge in [0.2, 0.25) is 0 Å². The molecule has 0 saturated heterocycles. The van der Waals surface area contributed by atoms with Crippen molar-refractivity contribution in [2.75, 3.05) is 11.9 Å². The van der Waals surface area contributed by atoms with Crippen molar-refractivity contribution < 1.29 is 14.7 Å². The molecule has 5 heteroatoms. The third-order valence-electron chi connectivity index (χ3n) is 4.40. The number of aliphatic carboxylic acids is 1. The number of aromatic nitrogens is 1. The van der Waals surface area contributed by atoms with Gasteiger partial charge in [0.1, 0.15) is 0 Å². The molecule has 0 spiro atoms. The molecule has 0 radical (unpaired) electrons. The maximum absolute atomic E-state index is 12.8. The summed E-state index contributed by atoms with van der Waals surface area (Å²) >= 11 is 0. The summed E-state index contributed by atoms with van der Waals surface area (Å²) in [5, 5.41) is 8.75. The van der Waals surface area contributed by atoms with Crippen LogP contribution < -0.4 is 4.90 Å². The highest BCUT2D eigenvalue weighted by Gasteiger charge is 2.26. The number of carbonyl (C=O) groups excluding carboxylic acids is 1. The zero-order valence-corrected chi connectivity index (χ0v) is 14.1. The molecule has 0 bridgehead atoms. The van der Waals surface area contributed by atoms with E-state index in [1.807, 2.05) is 24.3 Å². The molecule has 1 aromatic carbocycles. The van der Waals surface area contributed by atoms with E-state index in [-0.39, 0.29) is 12.3 Å². The zero-order chi connectivity index (χ0) is 17.8. The lowest BCUT2D eigenvalue weighted by molar-refractivity contribution is -0.137. The highest BCUT2D eigenvalue weighted by atomic mass is 16.4. The Morgan fingerprint density at radius 3 is 2.76 bits per heavy atom. The smallest absolute Gasteiger partial charge is 0.303 e. The van der Waals surface area contributed by atoms with Crippen LogP contribution in [0.1, 0.15) is 47.2 Å². The van der Waals surface area contributed by atoms with Gasteiger partial charge in [0.15, 0.2) is 0 Å². The molecule has 0 fully saturated rings. The molecule has 1 aliphatic heterocycles. The molecule has 1 amide bonds. The van der Waals surface area contributed by atoms with Crippen LogP contribution in [0.3, 0.4) is 0 Å². The number of hydrogen-bond donors (Lipinski definition) is 1. The van der Waals surface area contributed by atoms with Gasteiger partial charge in [0.05, 0.1) is 11.3 Å². The summed E-state index contributed by atoms with van der Waals surface area (Å²) in [4.78, 5) is 29.3. The summed E-state index contributed by atoms with van der Waals surface area (Å²) in [6.45, 7) is 0. The molecule has 1 aliphatic rings. The van der Waals surface area contributed by atoms with Crippen molar-refractivity contribution in [3.05, 3.63) is 65.5 Å². The quantitative estimate of drug-likeness (QED) is 0.844. The first-order valence-corrected chi connectivity index (χ1v) is 8.33. The number of pyridine rings is 1. The Hall–Kier alpha value is -2.95. The highest BCUT2D eigenvalue weighted by Crippen LogP contribution is 2.37. The van der Waals surface area contributed by atoms with E-state index in [0.717, 1.165) is 35.2 Å². The number of unbranched alkanes of at least 4 members (excludes halogenated alkanes) is 2. The number of carbonyl (C=O) groups is 2. The van der Waals surface area contributed by atoms with Crippen LogP contribution in [0.15, 0.2) is 48.8 Å². The van der Waals surface area contributed by atoms with Crippen LogP contribution in [-0.4, -0.2) is 29.0 Å². The molecule has 25 heavy (non-hydrogen) atoms. The van der Waals surface area contributed by atoms with Crippen LogP contribution in [-0.2, 0) is 4.79 Å². The van der Waals surface area contributed by atoms with Crippen molar-refractivity contribution in [1.29, 1.82) is 0 Å². The Morgan fingerprint density at radius 1 is 1.16 bits per heavy atom. The number of nitrogens with zero attached hydrogens (tertiary/aromatic N) is 2. The number of para-hydroxylation sites is 1. The molecule has 0 unspecified atom stereocenters. The van der Waals surface area contributed by atoms with Gasteiger partial charge in [-0.3, -0.25) is 14.6 Å². The number of amides is 1. The van der Waals surface area contributed by atoms with Gasteiger partial charge in [-0.15, -0.1) is 0 Å². The summed E-state index contributed by atoms with van der Waals surface area (Å²) in [7, 11) is 1.78. The number of anilines is 1. The number of hydrogen-bond acceptors (Lipinski definition) is 3. The molecular weight excluding hydrogens is 316 g/mol. The zero-order valence-electron chi connectivity index (χ0n) is 14.1. The molecule has 2 heterocycles. The molecule has 128 valence electrons. The Morgan fingerprint density at radius 2 is 1.96 bits per heavy atom. The summed E-state index contributed by atoms with van der Waals surface area (Å²) in [5.41, 5.74) is 4.28. The second-order valence-corrected chi connectivity index (χ2v) is 6.06. The second kappa shape index (κ2) is 7.30. The minimum Gasteiger partial charge on any atom is -0.481 e. The number of rotatable bonds is 5. The van der Waals surface area contributed by atoms with Crippen molar-refractivity contribution >= 4 is 23.1 Å². The SMILES string of the molecule is CN1C(=O)c2ccncc2/C(=C\CCCCC(=O)O)c2ccccc21. The second-order valence-electron chi connectivity index (χ2n) is 6.06. The Bertz CT molecular complexity index is 842. The van der Waals surface area contributed by atoms with E-state index in [2.05, 4.69) is 11.1 Å². The van der Waals surface area contributed by atoms with E-state index in [9.17, 15) is 9.59 Å². The van der Waals surface area contributed by atoms with Gasteiger partial charge in [-0.25, -0.2) is 0 Å². The van der Waals surface area contributed by atoms with E-state index >= 15 is 0 Å². The highest BCUT2D eigenvalue weighted by molar-refractivity contribution is 6.13. The van der Waals surface area contributed by atoms with E-state index in [1.165, 1.54) is 0 Å². The fourth-order valence-electron chi connectivity index (χ4n) is 3.11. The average molecular weight is 336 g/mol. The molecule has 0 aliphatic carbocycles. The lowest BCUT2D eigenvalue weighted by Gasteiger charge is -2.17. The van der Waals surface area contributed by atoms with E-state index in [0.29, 0.717) is 12.0 Å². The maximum atomic E-state index is 12.8. The normalized spacial score (nSPS) is 14.8. The monoisotopic (exact) mass is 336 g/mol. The predicted molar refractivity (Wildman–Crippen MR) is 96.6 cm³/mol. The van der Waals surface area contributed by atoms with Crippen LogP contribution in [0.5, 0.6) is 0 Å². The maximum Gasteiger partial charge on any atom is 0.303 e. The van der Waals surface area contributed by atoms with Crippen molar-refractivity contribution in [2.45, 2.75) is 25.7 Å². The number of fused-ring (bicyclic) bond motifs is 2. The first kappa shape index (κ1) is 16.9. The van der Waals surface area contributed by atoms with Crippen LogP contribution in [0.2, 0.25) is 0 Å². The van der Waals surface area contributed by atoms with Crippen molar-refractivity contribution in [2.24, 2.45) is 0 Å². The van der Waals surface area contributed by atoms with Gasteiger partial charge >= 0.3 is 5.97 Å². The standard InChI is InChI=1S/C20H20N2O3/c1-22-18-9-6-5-8-15(18)14(7-3-2-4-10-19(23)24)17-13-21-12-11-16(17)20(22)25/h5-9,11-13H,2-4,10H2,1H3,(H,23,24)/b14-7-. The third kappa shape index (κ3) is 3.45. The number of benzene rings is 1. The summed E-state index contributed by atoms with van der Waals surface area (Å²) in [5.74, 6) is -0.826. The van der Waals surface area contributed by atoms with Gasteiger partial charge in [-0.1, -0.05) is 24.3 Å². The largest absolute Gasteiger partial charge is 0.481 e. The van der Waals surface area contributed by atoms with Crippen LogP contribution in [0.25, 0.3) is 5.57 Å². The first-order valence-electron chi connectivity index (χ1n) is 8.33. The fraction of sp³-hybridized carbons (Fsp3) is 0.250. The minimum absolute atomic E-state index is 0.0564. The van der Waals surface area contributed by atoms with Crippen LogP contribution in [0.4, 0.5) is 5.69 Å². The lowest BCUT2D eigenvalue weighted by atomic mass is 9.94. The van der Waals surface area contributed by atoms with Gasteiger partial charge in [0, 0.05) is 37.0 Å². The predicted octanol–water partition coefficient (Wildman–Crippen LogP) is 3.75. The molecular formula is C20H20N2O3. The average Bonchev–Trinajstić information content (AvgIpc) is 2.71. The third-order valence-corrected chi connectivity index (χ3v) is 4.40. The van der Waals surface area contributed by atoms with Gasteiger partial charge in [0.25, 0.3) is 5.91 Å². The molecule has 1 aromatic heterocycles. The minimum atomic E-state index is -0.769. The summed E-state index contributed by atoms with van der Waals surface area (Å²) < 4.78 is 0. The van der Waals surface area contributed by atoms with Crippen molar-refractivity contribution in [3.8, 4) is 0 Å². The number of carboxylic acid groups (broad SMARTS) is 1. The first-order chi connectivity index (χ1) is 12.1. The lowest BCUT2D eigenvalue weighted by Crippen LogP contribution is -2.26. The molecule has 3 rings (SSSR count). The number of allylic oxidation sites excluding steroid dienone is 1. The fourth-order valence-corrected chi connectivity index (χ4v) is 3.11. The Kier molecular flexibility index (Phi) is 4.93. The molecule has 2 aromatic rings. The van der Waals surface area contributed by atoms with Gasteiger partial charge < -0.3 is 10.0 Å². The number of carboxylic acids is 1. The van der Waals surface area contributed by atoms with Crippen molar-refractivity contribution in [3.63, 3.8) is 0 Å². The summed E-state index contributed by atoms with van der Waals surface area (Å²) in [6, 6.07) is 9.56. The molecule has 5 nitrogen and oxygen atoms in total. The van der Waals surface area contributed by atoms with Gasteiger partial charge in [-0.05, 0) is 37.0 Å². The topological polar surface area (TPSA) is 70.5 Å². The Balaban J connectivity index is 2.01. The van der Waals surface area contributed by atoms with Crippen molar-refractivity contribution in [1.82, 2.24) is 4.98 Å². The molecule has 0 atom stereocenters. The van der Waals surface area contributed by atoms with Crippen LogP contribution >= 0.6 is 0 Å². The summed E-state index contributed by atoms with van der Waals surface area (Å²) in [6.07, 6.45) is 7.81. The van der Waals surface area contributed by atoms with E-state index in [1.54, 1.807) is 30.4 Å².